The molecule has 0 aromatic heterocycles. The summed E-state index contributed by atoms with van der Waals surface area (Å²) in [6, 6.07) is 7.25. The van der Waals surface area contributed by atoms with E-state index in [1.807, 2.05) is 4.90 Å². The van der Waals surface area contributed by atoms with Crippen molar-refractivity contribution in [3.63, 3.8) is 0 Å². The summed E-state index contributed by atoms with van der Waals surface area (Å²) in [6.07, 6.45) is 0.766. The predicted molar refractivity (Wildman–Crippen MR) is 72.3 cm³/mol. The average molecular weight is 264 g/mol. The second-order valence-electron chi connectivity index (χ2n) is 4.53. The molecule has 2 N–H and O–H groups in total. The number of nitrogens with two attached hydrogens (primary N) is 1. The van der Waals surface area contributed by atoms with Crippen molar-refractivity contribution in [1.29, 1.82) is 0 Å². The molecule has 0 saturated carbocycles. The minimum Gasteiger partial charge on any atom is -0.497 e. The molecule has 5 nitrogen and oxygen atoms in total. The Labute approximate surface area is 113 Å². The van der Waals surface area contributed by atoms with Crippen LogP contribution in [-0.4, -0.2) is 50.3 Å². The number of ether oxygens (including phenoxy) is 2. The van der Waals surface area contributed by atoms with Gasteiger partial charge in [0, 0.05) is 12.1 Å². The van der Waals surface area contributed by atoms with Gasteiger partial charge in [0.2, 0.25) is 0 Å². The van der Waals surface area contributed by atoms with Crippen molar-refractivity contribution in [2.45, 2.75) is 12.5 Å². The van der Waals surface area contributed by atoms with Gasteiger partial charge in [-0.3, -0.25) is 4.79 Å². The molecule has 1 aliphatic heterocycles. The van der Waals surface area contributed by atoms with Crippen LogP contribution >= 0.6 is 0 Å². The van der Waals surface area contributed by atoms with Gasteiger partial charge in [-0.05, 0) is 37.2 Å². The maximum Gasteiger partial charge on any atom is 0.254 e. The molecule has 19 heavy (non-hydrogen) atoms. The number of benzene rings is 1. The van der Waals surface area contributed by atoms with Crippen molar-refractivity contribution in [2.75, 3.05) is 33.4 Å². The molecule has 104 valence electrons. The van der Waals surface area contributed by atoms with E-state index in [2.05, 4.69) is 0 Å². The van der Waals surface area contributed by atoms with Crippen LogP contribution in [0.1, 0.15) is 16.8 Å². The van der Waals surface area contributed by atoms with Gasteiger partial charge in [0.1, 0.15) is 5.75 Å². The van der Waals surface area contributed by atoms with Crippen LogP contribution in [0.25, 0.3) is 0 Å². The number of morpholine rings is 1. The zero-order chi connectivity index (χ0) is 13.7. The summed E-state index contributed by atoms with van der Waals surface area (Å²) in [4.78, 5) is 14.3. The second-order valence-corrected chi connectivity index (χ2v) is 4.53. The van der Waals surface area contributed by atoms with E-state index in [1.54, 1.807) is 31.4 Å². The lowest BCUT2D eigenvalue weighted by atomic mass is 10.1. The third-order valence-corrected chi connectivity index (χ3v) is 3.33. The summed E-state index contributed by atoms with van der Waals surface area (Å²) >= 11 is 0. The Bertz CT molecular complexity index is 417. The molecule has 0 spiro atoms. The van der Waals surface area contributed by atoms with Crippen LogP contribution in [0.15, 0.2) is 24.3 Å². The highest BCUT2D eigenvalue weighted by atomic mass is 16.5. The molecule has 1 fully saturated rings. The van der Waals surface area contributed by atoms with Gasteiger partial charge < -0.3 is 20.1 Å². The highest BCUT2D eigenvalue weighted by Crippen LogP contribution is 2.17. The lowest BCUT2D eigenvalue weighted by molar-refractivity contribution is -0.00344. The first-order valence-corrected chi connectivity index (χ1v) is 6.49. The van der Waals surface area contributed by atoms with Gasteiger partial charge in [0.15, 0.2) is 0 Å². The zero-order valence-corrected chi connectivity index (χ0v) is 11.2. The highest BCUT2D eigenvalue weighted by Gasteiger charge is 2.27. The summed E-state index contributed by atoms with van der Waals surface area (Å²) in [6.45, 7) is 2.33. The third kappa shape index (κ3) is 3.24. The van der Waals surface area contributed by atoms with Gasteiger partial charge in [0.05, 0.1) is 26.4 Å². The van der Waals surface area contributed by atoms with Crippen molar-refractivity contribution in [3.8, 4) is 5.75 Å². The fraction of sp³-hybridized carbons (Fsp3) is 0.500. The summed E-state index contributed by atoms with van der Waals surface area (Å²) in [5, 5.41) is 0. The minimum atomic E-state index is 0.0319. The van der Waals surface area contributed by atoms with Gasteiger partial charge in [-0.2, -0.15) is 0 Å². The number of amides is 1. The molecule has 1 aromatic rings. The van der Waals surface area contributed by atoms with E-state index < -0.39 is 0 Å². The van der Waals surface area contributed by atoms with Gasteiger partial charge in [-0.25, -0.2) is 0 Å². The largest absolute Gasteiger partial charge is 0.497 e. The van der Waals surface area contributed by atoms with Crippen LogP contribution in [0.2, 0.25) is 0 Å². The smallest absolute Gasteiger partial charge is 0.254 e. The lowest BCUT2D eigenvalue weighted by Crippen LogP contribution is -2.49. The fourth-order valence-electron chi connectivity index (χ4n) is 2.25. The van der Waals surface area contributed by atoms with E-state index in [9.17, 15) is 4.79 Å². The maximum atomic E-state index is 12.5. The standard InChI is InChI=1S/C14H20N2O3/c1-18-13-4-2-11(3-5-13)14(17)16-8-9-19-10-12(16)6-7-15/h2-5,12H,6-10,15H2,1H3. The molecular weight excluding hydrogens is 244 g/mol. The van der Waals surface area contributed by atoms with Crippen molar-refractivity contribution in [2.24, 2.45) is 5.73 Å². The number of methoxy groups -OCH3 is 1. The Morgan fingerprint density at radius 2 is 2.21 bits per heavy atom. The number of carbonyl (C=O) groups is 1. The van der Waals surface area contributed by atoms with Crippen molar-refractivity contribution < 1.29 is 14.3 Å². The van der Waals surface area contributed by atoms with Crippen molar-refractivity contribution >= 4 is 5.91 Å². The van der Waals surface area contributed by atoms with Crippen molar-refractivity contribution in [1.82, 2.24) is 4.90 Å². The van der Waals surface area contributed by atoms with E-state index in [0.29, 0.717) is 31.9 Å². The van der Waals surface area contributed by atoms with E-state index in [0.717, 1.165) is 12.2 Å². The molecule has 1 aromatic carbocycles. The Morgan fingerprint density at radius 3 is 2.84 bits per heavy atom. The molecule has 1 aliphatic rings. The summed E-state index contributed by atoms with van der Waals surface area (Å²) in [7, 11) is 1.61. The topological polar surface area (TPSA) is 64.8 Å². The van der Waals surface area contributed by atoms with E-state index in [-0.39, 0.29) is 11.9 Å². The molecule has 5 heteroatoms. The van der Waals surface area contributed by atoms with Crippen LogP contribution in [0, 0.1) is 0 Å². The number of carbonyl (C=O) groups excluding carboxylic acids is 1. The number of rotatable bonds is 4. The summed E-state index contributed by atoms with van der Waals surface area (Å²) in [5.41, 5.74) is 6.26. The molecule has 1 saturated heterocycles. The fourth-order valence-corrected chi connectivity index (χ4v) is 2.25. The third-order valence-electron chi connectivity index (χ3n) is 3.33. The average Bonchev–Trinajstić information content (AvgIpc) is 2.47. The minimum absolute atomic E-state index is 0.0319. The first-order valence-electron chi connectivity index (χ1n) is 6.49. The molecular formula is C14H20N2O3. The summed E-state index contributed by atoms with van der Waals surface area (Å²) < 4.78 is 10.5. The van der Waals surface area contributed by atoms with Crippen LogP contribution in [-0.2, 0) is 4.74 Å². The molecule has 2 rings (SSSR count). The Kier molecular flexibility index (Phi) is 4.76. The second kappa shape index (κ2) is 6.54. The molecule has 0 bridgehead atoms. The Morgan fingerprint density at radius 1 is 1.47 bits per heavy atom. The predicted octanol–water partition coefficient (Wildman–Crippen LogP) is 0.885. The molecule has 1 heterocycles. The Balaban J connectivity index is 2.11. The monoisotopic (exact) mass is 264 g/mol. The number of hydrogen-bond donors (Lipinski definition) is 1. The normalized spacial score (nSPS) is 19.3. The zero-order valence-electron chi connectivity index (χ0n) is 11.2. The van der Waals surface area contributed by atoms with E-state index in [4.69, 9.17) is 15.2 Å². The quantitative estimate of drug-likeness (QED) is 0.877. The van der Waals surface area contributed by atoms with Gasteiger partial charge >= 0.3 is 0 Å². The van der Waals surface area contributed by atoms with Crippen molar-refractivity contribution in [3.05, 3.63) is 29.8 Å². The molecule has 1 atom stereocenters. The molecule has 1 unspecified atom stereocenters. The first kappa shape index (κ1) is 13.8. The van der Waals surface area contributed by atoms with Gasteiger partial charge in [-0.15, -0.1) is 0 Å². The van der Waals surface area contributed by atoms with Crippen LogP contribution in [0.3, 0.4) is 0 Å². The van der Waals surface area contributed by atoms with Crippen LogP contribution in [0.4, 0.5) is 0 Å². The first-order chi connectivity index (χ1) is 9.26. The molecule has 0 aliphatic carbocycles. The maximum absolute atomic E-state index is 12.5. The van der Waals surface area contributed by atoms with Crippen LogP contribution < -0.4 is 10.5 Å². The molecule has 0 radical (unpaired) electrons. The van der Waals surface area contributed by atoms with Crippen LogP contribution in [0.5, 0.6) is 5.75 Å². The highest BCUT2D eigenvalue weighted by molar-refractivity contribution is 5.94. The number of hydrogen-bond acceptors (Lipinski definition) is 4. The van der Waals surface area contributed by atoms with Gasteiger partial charge in [-0.1, -0.05) is 0 Å². The SMILES string of the molecule is COc1ccc(C(=O)N2CCOCC2CCN)cc1. The number of nitrogens with zero attached hydrogens (tertiary/aromatic N) is 1. The summed E-state index contributed by atoms with van der Waals surface area (Å²) in [5.74, 6) is 0.779. The van der Waals surface area contributed by atoms with Gasteiger partial charge in [0.25, 0.3) is 5.91 Å². The molecule has 1 amide bonds. The lowest BCUT2D eigenvalue weighted by Gasteiger charge is -2.35. The van der Waals surface area contributed by atoms with E-state index >= 15 is 0 Å². The van der Waals surface area contributed by atoms with E-state index in [1.165, 1.54) is 0 Å². The Hall–Kier alpha value is -1.59.